The molecule has 0 unspecified atom stereocenters. The van der Waals surface area contributed by atoms with Gasteiger partial charge in [0, 0.05) is 19.3 Å². The first-order valence-corrected chi connectivity index (χ1v) is 7.74. The number of quaternary nitrogens is 1. The zero-order valence-corrected chi connectivity index (χ0v) is 12.4. The minimum Gasteiger partial charge on any atom is -0.345 e. The number of amides is 1. The molecule has 0 aromatic heterocycles. The molecule has 2 N–H and O–H groups in total. The number of nitrogens with one attached hydrogen (secondary N) is 1. The maximum atomic E-state index is 11.3. The maximum Gasteiger partial charge on any atom is 0.265 e. The summed E-state index contributed by atoms with van der Waals surface area (Å²) in [5.74, 6) is 2.03. The molecule has 6 nitrogen and oxygen atoms in total. The average molecular weight is 291 g/mol. The Labute approximate surface area is 115 Å². The highest BCUT2D eigenvalue weighted by atomic mass is 32.2. The van der Waals surface area contributed by atoms with Gasteiger partial charge in [0.25, 0.3) is 10.1 Å². The Balaban J connectivity index is 3.85. The largest absolute Gasteiger partial charge is 0.345 e. The lowest BCUT2D eigenvalue weighted by molar-refractivity contribution is -0.890. The molecule has 7 heteroatoms. The SMILES string of the molecule is C#CCNC(=O)CCC[N+](C)(C)CCCS(=O)(=O)O. The predicted molar refractivity (Wildman–Crippen MR) is 74.0 cm³/mol. The summed E-state index contributed by atoms with van der Waals surface area (Å²) in [7, 11) is 0.0396. The van der Waals surface area contributed by atoms with Crippen LogP contribution in [-0.4, -0.2) is 62.8 Å². The van der Waals surface area contributed by atoms with Gasteiger partial charge in [-0.3, -0.25) is 9.35 Å². The van der Waals surface area contributed by atoms with Crippen LogP contribution >= 0.6 is 0 Å². The number of hydrogen-bond donors (Lipinski definition) is 2. The zero-order chi connectivity index (χ0) is 14.9. The molecule has 0 rings (SSSR count). The van der Waals surface area contributed by atoms with E-state index in [0.29, 0.717) is 30.3 Å². The van der Waals surface area contributed by atoms with Crippen molar-refractivity contribution in [2.75, 3.05) is 39.5 Å². The van der Waals surface area contributed by atoms with Crippen LogP contribution in [0.1, 0.15) is 19.3 Å². The summed E-state index contributed by atoms with van der Waals surface area (Å²) in [6.45, 7) is 1.63. The third-order valence-corrected chi connectivity index (χ3v) is 3.53. The Morgan fingerprint density at radius 2 is 1.89 bits per heavy atom. The van der Waals surface area contributed by atoms with E-state index in [1.54, 1.807) is 0 Å². The van der Waals surface area contributed by atoms with Gasteiger partial charge < -0.3 is 9.80 Å². The fourth-order valence-corrected chi connectivity index (χ4v) is 2.19. The Morgan fingerprint density at radius 3 is 2.42 bits per heavy atom. The first kappa shape index (κ1) is 17.9. The fourth-order valence-electron chi connectivity index (χ4n) is 1.69. The second-order valence-electron chi connectivity index (χ2n) is 5.11. The molecule has 0 aliphatic rings. The van der Waals surface area contributed by atoms with Gasteiger partial charge in [-0.1, -0.05) is 5.92 Å². The van der Waals surface area contributed by atoms with Crippen molar-refractivity contribution < 1.29 is 22.2 Å². The normalized spacial score (nSPS) is 11.9. The molecule has 19 heavy (non-hydrogen) atoms. The van der Waals surface area contributed by atoms with Crippen LogP contribution < -0.4 is 5.32 Å². The smallest absolute Gasteiger partial charge is 0.265 e. The highest BCUT2D eigenvalue weighted by Gasteiger charge is 2.16. The first-order valence-electron chi connectivity index (χ1n) is 6.13. The second-order valence-corrected chi connectivity index (χ2v) is 6.68. The number of nitrogens with zero attached hydrogens (tertiary/aromatic N) is 1. The van der Waals surface area contributed by atoms with Gasteiger partial charge in [0.2, 0.25) is 5.91 Å². The Hall–Kier alpha value is -1.10. The third-order valence-electron chi connectivity index (χ3n) is 2.72. The summed E-state index contributed by atoms with van der Waals surface area (Å²) in [4.78, 5) is 11.3. The Kier molecular flexibility index (Phi) is 7.68. The van der Waals surface area contributed by atoms with Crippen LogP contribution in [0.2, 0.25) is 0 Å². The molecular weight excluding hydrogens is 268 g/mol. The van der Waals surface area contributed by atoms with Crippen LogP contribution in [0, 0.1) is 12.3 Å². The van der Waals surface area contributed by atoms with Gasteiger partial charge in [0.05, 0.1) is 39.5 Å². The van der Waals surface area contributed by atoms with Crippen molar-refractivity contribution in [1.82, 2.24) is 5.32 Å². The fraction of sp³-hybridized carbons (Fsp3) is 0.750. The summed E-state index contributed by atoms with van der Waals surface area (Å²) >= 11 is 0. The summed E-state index contributed by atoms with van der Waals surface area (Å²) in [6, 6.07) is 0. The molecule has 0 atom stereocenters. The van der Waals surface area contributed by atoms with Gasteiger partial charge >= 0.3 is 0 Å². The van der Waals surface area contributed by atoms with Crippen molar-refractivity contribution in [1.29, 1.82) is 0 Å². The molecule has 0 aromatic rings. The molecule has 0 bridgehead atoms. The van der Waals surface area contributed by atoms with Crippen molar-refractivity contribution in [3.63, 3.8) is 0 Å². The quantitative estimate of drug-likeness (QED) is 0.352. The highest BCUT2D eigenvalue weighted by Crippen LogP contribution is 2.04. The van der Waals surface area contributed by atoms with Gasteiger partial charge in [0.15, 0.2) is 0 Å². The molecule has 0 saturated carbocycles. The van der Waals surface area contributed by atoms with E-state index in [2.05, 4.69) is 11.2 Å². The summed E-state index contributed by atoms with van der Waals surface area (Å²) in [6.07, 6.45) is 6.53. The molecule has 1 amide bonds. The lowest BCUT2D eigenvalue weighted by atomic mass is 10.2. The molecule has 0 radical (unpaired) electrons. The molecule has 0 aliphatic heterocycles. The average Bonchev–Trinajstić information content (AvgIpc) is 2.23. The molecule has 0 fully saturated rings. The number of hydrogen-bond acceptors (Lipinski definition) is 3. The van der Waals surface area contributed by atoms with Crippen LogP contribution in [0.3, 0.4) is 0 Å². The minimum atomic E-state index is -3.88. The number of carbonyl (C=O) groups is 1. The van der Waals surface area contributed by atoms with Crippen molar-refractivity contribution in [3.8, 4) is 12.3 Å². The van der Waals surface area contributed by atoms with E-state index in [4.69, 9.17) is 11.0 Å². The van der Waals surface area contributed by atoms with Gasteiger partial charge in [0.1, 0.15) is 0 Å². The summed E-state index contributed by atoms with van der Waals surface area (Å²) in [5.41, 5.74) is 0. The number of terminal acetylenes is 1. The Bertz CT molecular complexity index is 424. The van der Waals surface area contributed by atoms with Crippen molar-refractivity contribution in [2.24, 2.45) is 0 Å². The van der Waals surface area contributed by atoms with Gasteiger partial charge in [-0.2, -0.15) is 8.42 Å². The number of carbonyl (C=O) groups excluding carboxylic acids is 1. The van der Waals surface area contributed by atoms with Crippen LogP contribution in [0.15, 0.2) is 0 Å². The van der Waals surface area contributed by atoms with Crippen LogP contribution in [0.25, 0.3) is 0 Å². The summed E-state index contributed by atoms with van der Waals surface area (Å²) in [5, 5.41) is 2.59. The molecule has 0 aliphatic carbocycles. The van der Waals surface area contributed by atoms with Gasteiger partial charge in [-0.25, -0.2) is 0 Å². The van der Waals surface area contributed by atoms with Crippen molar-refractivity contribution >= 4 is 16.0 Å². The zero-order valence-electron chi connectivity index (χ0n) is 11.6. The van der Waals surface area contributed by atoms with Crippen molar-refractivity contribution in [3.05, 3.63) is 0 Å². The monoisotopic (exact) mass is 291 g/mol. The standard InChI is InChI=1S/C12H22N2O4S/c1-4-8-13-12(15)7-5-9-14(2,3)10-6-11-19(16,17)18/h1H,5-11H2,2-3H3,(H-,13,15,16,17,18)/p+1. The molecular formula is C12H23N2O4S+. The number of rotatable bonds is 9. The predicted octanol–water partition coefficient (Wildman–Crippen LogP) is -0.130. The first-order chi connectivity index (χ1) is 8.66. The maximum absolute atomic E-state index is 11.3. The minimum absolute atomic E-state index is 0.0733. The van der Waals surface area contributed by atoms with Crippen molar-refractivity contribution in [2.45, 2.75) is 19.3 Å². The van der Waals surface area contributed by atoms with E-state index in [1.807, 2.05) is 14.1 Å². The lowest BCUT2D eigenvalue weighted by Crippen LogP contribution is -2.42. The third kappa shape index (κ3) is 11.7. The van der Waals surface area contributed by atoms with Crippen LogP contribution in [-0.2, 0) is 14.9 Å². The van der Waals surface area contributed by atoms with Crippen LogP contribution in [0.5, 0.6) is 0 Å². The van der Waals surface area contributed by atoms with E-state index < -0.39 is 10.1 Å². The van der Waals surface area contributed by atoms with E-state index in [0.717, 1.165) is 6.54 Å². The highest BCUT2D eigenvalue weighted by molar-refractivity contribution is 7.85. The molecule has 110 valence electrons. The second kappa shape index (κ2) is 8.15. The van der Waals surface area contributed by atoms with Gasteiger partial charge in [-0.15, -0.1) is 6.42 Å². The van der Waals surface area contributed by atoms with Gasteiger partial charge in [-0.05, 0) is 0 Å². The van der Waals surface area contributed by atoms with E-state index in [-0.39, 0.29) is 18.2 Å². The van der Waals surface area contributed by atoms with E-state index in [1.165, 1.54) is 0 Å². The Morgan fingerprint density at radius 1 is 1.32 bits per heavy atom. The molecule has 0 spiro atoms. The topological polar surface area (TPSA) is 83.5 Å². The molecule has 0 aromatic carbocycles. The molecule has 0 saturated heterocycles. The molecule has 0 heterocycles. The van der Waals surface area contributed by atoms with Crippen LogP contribution in [0.4, 0.5) is 0 Å². The lowest BCUT2D eigenvalue weighted by Gasteiger charge is -2.29. The van der Waals surface area contributed by atoms with E-state index in [9.17, 15) is 13.2 Å². The summed E-state index contributed by atoms with van der Waals surface area (Å²) < 4.78 is 30.5. The van der Waals surface area contributed by atoms with E-state index >= 15 is 0 Å².